The van der Waals surface area contributed by atoms with Crippen LogP contribution in [0, 0.1) is 0 Å². The van der Waals surface area contributed by atoms with Gasteiger partial charge in [-0.1, -0.05) is 6.07 Å². The minimum atomic E-state index is -3.52. The Morgan fingerprint density at radius 1 is 1.19 bits per heavy atom. The Balaban J connectivity index is 0.00000364. The van der Waals surface area contributed by atoms with Crippen molar-refractivity contribution < 1.29 is 23.1 Å². The molecular formula is C17H26ClN3O5S. The van der Waals surface area contributed by atoms with E-state index >= 15 is 0 Å². The summed E-state index contributed by atoms with van der Waals surface area (Å²) in [6.07, 6.45) is 1.95. The van der Waals surface area contributed by atoms with E-state index in [0.717, 1.165) is 12.8 Å². The number of hydrogen-bond acceptors (Lipinski definition) is 5. The Bertz CT molecular complexity index is 751. The lowest BCUT2D eigenvalue weighted by molar-refractivity contribution is -0.137. The third-order valence-corrected chi connectivity index (χ3v) is 6.14. The lowest BCUT2D eigenvalue weighted by atomic mass is 10.3. The van der Waals surface area contributed by atoms with Crippen molar-refractivity contribution in [2.45, 2.75) is 30.6 Å². The van der Waals surface area contributed by atoms with Crippen molar-refractivity contribution >= 4 is 40.0 Å². The van der Waals surface area contributed by atoms with E-state index in [0.29, 0.717) is 31.9 Å². The molecule has 1 aliphatic heterocycles. The third-order valence-electron chi connectivity index (χ3n) is 4.25. The van der Waals surface area contributed by atoms with Gasteiger partial charge in [-0.05, 0) is 38.1 Å². The van der Waals surface area contributed by atoms with Crippen LogP contribution in [0.5, 0.6) is 0 Å². The number of rotatable bonds is 9. The average molecular weight is 420 g/mol. The van der Waals surface area contributed by atoms with Gasteiger partial charge in [0.1, 0.15) is 0 Å². The summed E-state index contributed by atoms with van der Waals surface area (Å²) in [7, 11) is -1.77. The quantitative estimate of drug-likeness (QED) is 0.630. The highest BCUT2D eigenvalue weighted by atomic mass is 35.5. The van der Waals surface area contributed by atoms with Gasteiger partial charge >= 0.3 is 5.97 Å². The molecule has 0 aromatic heterocycles. The predicted molar refractivity (Wildman–Crippen MR) is 105 cm³/mol. The maximum atomic E-state index is 12.6. The standard InChI is InChI=1S/C17H25N3O5S.ClH/c1-19(12-8-17(22)23)11-7-16(21)18-14-5-4-6-15(13-14)26(24,25)20-9-2-3-10-20;/h4-6,13H,2-3,7-12H2,1H3,(H,18,21)(H,22,23);1H. The number of halogens is 1. The number of sulfonamides is 1. The molecule has 1 aromatic rings. The minimum absolute atomic E-state index is 0. The molecule has 0 radical (unpaired) electrons. The molecule has 0 unspecified atom stereocenters. The monoisotopic (exact) mass is 419 g/mol. The summed E-state index contributed by atoms with van der Waals surface area (Å²) in [4.78, 5) is 24.5. The van der Waals surface area contributed by atoms with Crippen molar-refractivity contribution in [2.24, 2.45) is 0 Å². The normalized spacial score (nSPS) is 14.7. The molecule has 0 atom stereocenters. The number of carboxylic acid groups (broad SMARTS) is 1. The largest absolute Gasteiger partial charge is 0.481 e. The Labute approximate surface area is 166 Å². The molecular weight excluding hydrogens is 394 g/mol. The molecule has 1 fully saturated rings. The number of hydrogen-bond donors (Lipinski definition) is 2. The van der Waals surface area contributed by atoms with E-state index in [1.54, 1.807) is 24.1 Å². The van der Waals surface area contributed by atoms with Crippen LogP contribution >= 0.6 is 12.4 Å². The fourth-order valence-corrected chi connectivity index (χ4v) is 4.29. The third kappa shape index (κ3) is 7.10. The number of carbonyl (C=O) groups is 2. The highest BCUT2D eigenvalue weighted by Gasteiger charge is 2.27. The maximum Gasteiger partial charge on any atom is 0.304 e. The fourth-order valence-electron chi connectivity index (χ4n) is 2.73. The van der Waals surface area contributed by atoms with Gasteiger partial charge in [0.05, 0.1) is 11.3 Å². The van der Waals surface area contributed by atoms with E-state index in [4.69, 9.17) is 5.11 Å². The molecule has 1 aromatic carbocycles. The highest BCUT2D eigenvalue weighted by molar-refractivity contribution is 7.89. The summed E-state index contributed by atoms with van der Waals surface area (Å²) in [5.41, 5.74) is 0.434. The SMILES string of the molecule is CN(CCC(=O)O)CCC(=O)Nc1cccc(S(=O)(=O)N2CCCC2)c1.Cl. The number of nitrogens with zero attached hydrogens (tertiary/aromatic N) is 2. The zero-order valence-electron chi connectivity index (χ0n) is 15.3. The molecule has 10 heteroatoms. The molecule has 1 aliphatic rings. The number of anilines is 1. The van der Waals surface area contributed by atoms with Crippen LogP contribution in [0.25, 0.3) is 0 Å². The van der Waals surface area contributed by atoms with Crippen molar-refractivity contribution in [3.8, 4) is 0 Å². The zero-order valence-corrected chi connectivity index (χ0v) is 16.9. The van der Waals surface area contributed by atoms with Gasteiger partial charge in [0.25, 0.3) is 0 Å². The second-order valence-electron chi connectivity index (χ2n) is 6.38. The fraction of sp³-hybridized carbons (Fsp3) is 0.529. The van der Waals surface area contributed by atoms with Crippen LogP contribution in [-0.4, -0.2) is 67.8 Å². The molecule has 0 saturated carbocycles. The van der Waals surface area contributed by atoms with Crippen LogP contribution in [0.3, 0.4) is 0 Å². The first kappa shape index (κ1) is 23.4. The van der Waals surface area contributed by atoms with Gasteiger partial charge in [-0.3, -0.25) is 9.59 Å². The van der Waals surface area contributed by atoms with E-state index in [9.17, 15) is 18.0 Å². The van der Waals surface area contributed by atoms with Gasteiger partial charge in [0.2, 0.25) is 15.9 Å². The van der Waals surface area contributed by atoms with Crippen molar-refractivity contribution in [1.82, 2.24) is 9.21 Å². The highest BCUT2D eigenvalue weighted by Crippen LogP contribution is 2.23. The average Bonchev–Trinajstić information content (AvgIpc) is 3.14. The predicted octanol–water partition coefficient (Wildman–Crippen LogP) is 1.63. The topological polar surface area (TPSA) is 107 Å². The van der Waals surface area contributed by atoms with Gasteiger partial charge in [-0.25, -0.2) is 8.42 Å². The van der Waals surface area contributed by atoms with Crippen LogP contribution in [-0.2, 0) is 19.6 Å². The van der Waals surface area contributed by atoms with E-state index in [2.05, 4.69) is 5.32 Å². The number of benzene rings is 1. The molecule has 152 valence electrons. The van der Waals surface area contributed by atoms with Crippen molar-refractivity contribution in [2.75, 3.05) is 38.5 Å². The molecule has 0 aliphatic carbocycles. The van der Waals surface area contributed by atoms with E-state index < -0.39 is 16.0 Å². The Morgan fingerprint density at radius 2 is 1.81 bits per heavy atom. The summed E-state index contributed by atoms with van der Waals surface area (Å²) >= 11 is 0. The van der Waals surface area contributed by atoms with Crippen LogP contribution < -0.4 is 5.32 Å². The maximum absolute atomic E-state index is 12.6. The van der Waals surface area contributed by atoms with Crippen molar-refractivity contribution in [3.63, 3.8) is 0 Å². The summed E-state index contributed by atoms with van der Waals surface area (Å²) in [5, 5.41) is 11.3. The van der Waals surface area contributed by atoms with Gasteiger partial charge < -0.3 is 15.3 Å². The lowest BCUT2D eigenvalue weighted by Gasteiger charge is -2.17. The Hall–Kier alpha value is -1.68. The summed E-state index contributed by atoms with van der Waals surface area (Å²) in [6, 6.07) is 6.26. The molecule has 0 spiro atoms. The van der Waals surface area contributed by atoms with Gasteiger partial charge in [0.15, 0.2) is 0 Å². The van der Waals surface area contributed by atoms with E-state index in [1.165, 1.54) is 16.4 Å². The molecule has 0 bridgehead atoms. The van der Waals surface area contributed by atoms with Gasteiger partial charge in [0, 0.05) is 38.3 Å². The molecule has 2 rings (SSSR count). The molecule has 1 heterocycles. The minimum Gasteiger partial charge on any atom is -0.481 e. The molecule has 8 nitrogen and oxygen atoms in total. The molecule has 27 heavy (non-hydrogen) atoms. The summed E-state index contributed by atoms with van der Waals surface area (Å²) in [6.45, 7) is 1.85. The molecule has 1 amide bonds. The first-order chi connectivity index (χ1) is 12.3. The van der Waals surface area contributed by atoms with Crippen LogP contribution in [0.4, 0.5) is 5.69 Å². The van der Waals surface area contributed by atoms with Crippen LogP contribution in [0.1, 0.15) is 25.7 Å². The van der Waals surface area contributed by atoms with Crippen LogP contribution in [0.2, 0.25) is 0 Å². The molecule has 1 saturated heterocycles. The number of carboxylic acids is 1. The summed E-state index contributed by atoms with van der Waals surface area (Å²) < 4.78 is 26.6. The number of nitrogens with one attached hydrogen (secondary N) is 1. The number of aliphatic carboxylic acids is 1. The van der Waals surface area contributed by atoms with Crippen molar-refractivity contribution in [3.05, 3.63) is 24.3 Å². The smallest absolute Gasteiger partial charge is 0.304 e. The second-order valence-corrected chi connectivity index (χ2v) is 8.32. The second kappa shape index (κ2) is 10.6. The Kier molecular flexibility index (Phi) is 9.17. The zero-order chi connectivity index (χ0) is 19.2. The first-order valence-corrected chi connectivity index (χ1v) is 10.0. The number of amides is 1. The van der Waals surface area contributed by atoms with Crippen molar-refractivity contribution in [1.29, 1.82) is 0 Å². The summed E-state index contributed by atoms with van der Waals surface area (Å²) in [5.74, 6) is -1.12. The van der Waals surface area contributed by atoms with E-state index in [1.807, 2.05) is 0 Å². The Morgan fingerprint density at radius 3 is 2.44 bits per heavy atom. The van der Waals surface area contributed by atoms with Gasteiger partial charge in [-0.2, -0.15) is 4.31 Å². The van der Waals surface area contributed by atoms with Crippen LogP contribution in [0.15, 0.2) is 29.2 Å². The van der Waals surface area contributed by atoms with Gasteiger partial charge in [-0.15, -0.1) is 12.4 Å². The molecule has 2 N–H and O–H groups in total. The first-order valence-electron chi connectivity index (χ1n) is 8.59. The number of carbonyl (C=O) groups excluding carboxylic acids is 1. The lowest BCUT2D eigenvalue weighted by Crippen LogP contribution is -2.28. The van der Waals surface area contributed by atoms with E-state index in [-0.39, 0.29) is 36.1 Å².